The van der Waals surface area contributed by atoms with Crippen molar-refractivity contribution >= 4 is 5.96 Å². The number of nitrogens with zero attached hydrogens (tertiary/aromatic N) is 3. The first-order valence-electron chi connectivity index (χ1n) is 10.4. The van der Waals surface area contributed by atoms with Gasteiger partial charge in [-0.05, 0) is 49.4 Å². The topological polar surface area (TPSA) is 40.1 Å². The summed E-state index contributed by atoms with van der Waals surface area (Å²) in [5.41, 5.74) is 2.73. The van der Waals surface area contributed by atoms with Crippen molar-refractivity contribution in [1.29, 1.82) is 0 Å². The summed E-state index contributed by atoms with van der Waals surface area (Å²) in [6.45, 7) is 9.46. The van der Waals surface area contributed by atoms with Gasteiger partial charge in [0.2, 0.25) is 0 Å². The van der Waals surface area contributed by atoms with Gasteiger partial charge in [0.25, 0.3) is 0 Å². The highest BCUT2D eigenvalue weighted by molar-refractivity contribution is 5.79. The number of benzene rings is 1. The molecule has 1 aromatic carbocycles. The molecule has 27 heavy (non-hydrogen) atoms. The molecule has 150 valence electrons. The zero-order valence-electron chi connectivity index (χ0n) is 17.3. The Morgan fingerprint density at radius 3 is 2.74 bits per heavy atom. The van der Waals surface area contributed by atoms with Gasteiger partial charge in [-0.1, -0.05) is 31.2 Å². The molecule has 5 heteroatoms. The third kappa shape index (κ3) is 6.22. The molecular weight excluding hydrogens is 336 g/mol. The number of aliphatic imine (C=N–C) groups is 1. The van der Waals surface area contributed by atoms with Crippen LogP contribution >= 0.6 is 0 Å². The zero-order chi connectivity index (χ0) is 19.1. The molecule has 0 spiro atoms. The summed E-state index contributed by atoms with van der Waals surface area (Å²) in [5.74, 6) is 2.46. The van der Waals surface area contributed by atoms with Crippen molar-refractivity contribution in [3.05, 3.63) is 35.4 Å². The van der Waals surface area contributed by atoms with E-state index in [1.807, 2.05) is 7.05 Å². The molecule has 2 fully saturated rings. The Bertz CT molecular complexity index is 604. The Morgan fingerprint density at radius 2 is 2.04 bits per heavy atom. The largest absolute Gasteiger partial charge is 0.381 e. The molecule has 0 bridgehead atoms. The first-order valence-corrected chi connectivity index (χ1v) is 10.4. The van der Waals surface area contributed by atoms with Crippen molar-refractivity contribution in [1.82, 2.24) is 15.1 Å². The number of ether oxygens (including phenoxy) is 1. The van der Waals surface area contributed by atoms with Gasteiger partial charge >= 0.3 is 0 Å². The van der Waals surface area contributed by atoms with Crippen molar-refractivity contribution in [2.45, 2.75) is 39.3 Å². The second kappa shape index (κ2) is 10.1. The summed E-state index contributed by atoms with van der Waals surface area (Å²) >= 11 is 0. The Balaban J connectivity index is 1.49. The molecule has 0 aromatic heterocycles. The van der Waals surface area contributed by atoms with Crippen molar-refractivity contribution in [2.75, 3.05) is 46.9 Å². The van der Waals surface area contributed by atoms with Gasteiger partial charge in [0.1, 0.15) is 0 Å². The maximum atomic E-state index is 5.49. The molecule has 2 aliphatic heterocycles. The van der Waals surface area contributed by atoms with Crippen LogP contribution in [0.5, 0.6) is 0 Å². The van der Waals surface area contributed by atoms with Crippen LogP contribution in [-0.2, 0) is 17.8 Å². The van der Waals surface area contributed by atoms with Crippen LogP contribution in [0.2, 0.25) is 0 Å². The lowest BCUT2D eigenvalue weighted by atomic mass is 9.98. The van der Waals surface area contributed by atoms with E-state index in [1.54, 1.807) is 0 Å². The molecule has 5 nitrogen and oxygen atoms in total. The van der Waals surface area contributed by atoms with E-state index in [0.717, 1.165) is 51.1 Å². The Kier molecular flexibility index (Phi) is 7.53. The Morgan fingerprint density at radius 1 is 1.26 bits per heavy atom. The molecule has 1 atom stereocenters. The maximum Gasteiger partial charge on any atom is 0.193 e. The van der Waals surface area contributed by atoms with Crippen LogP contribution in [-0.4, -0.2) is 62.7 Å². The van der Waals surface area contributed by atoms with Gasteiger partial charge in [0.15, 0.2) is 5.96 Å². The normalized spacial score (nSPS) is 22.2. The first-order chi connectivity index (χ1) is 13.1. The monoisotopic (exact) mass is 372 g/mol. The summed E-state index contributed by atoms with van der Waals surface area (Å²) in [4.78, 5) is 9.26. The Hall–Kier alpha value is -1.59. The molecule has 0 radical (unpaired) electrons. The zero-order valence-corrected chi connectivity index (χ0v) is 17.3. The van der Waals surface area contributed by atoms with E-state index in [-0.39, 0.29) is 0 Å². The van der Waals surface area contributed by atoms with Gasteiger partial charge < -0.3 is 15.0 Å². The highest BCUT2D eigenvalue weighted by Crippen LogP contribution is 2.18. The second-order valence-electron chi connectivity index (χ2n) is 8.29. The standard InChI is InChI=1S/C22H36N4O/c1-18-7-10-26(11-8-18)16-20-6-4-5-19(13-20)14-24-22(23-2)25(3)15-21-9-12-27-17-21/h4-6,13,18,21H,7-12,14-17H2,1-3H3,(H,23,24). The smallest absolute Gasteiger partial charge is 0.193 e. The van der Waals surface area contributed by atoms with Crippen LogP contribution in [0.15, 0.2) is 29.3 Å². The van der Waals surface area contributed by atoms with E-state index in [2.05, 4.69) is 58.3 Å². The second-order valence-corrected chi connectivity index (χ2v) is 8.29. The van der Waals surface area contributed by atoms with Crippen molar-refractivity contribution in [2.24, 2.45) is 16.8 Å². The number of rotatable bonds is 6. The quantitative estimate of drug-likeness (QED) is 0.616. The van der Waals surface area contributed by atoms with Crippen LogP contribution in [0.25, 0.3) is 0 Å². The molecular formula is C22H36N4O. The van der Waals surface area contributed by atoms with Gasteiger partial charge in [0, 0.05) is 46.3 Å². The minimum Gasteiger partial charge on any atom is -0.381 e. The van der Waals surface area contributed by atoms with Gasteiger partial charge in [-0.15, -0.1) is 0 Å². The molecule has 3 rings (SSSR count). The maximum absolute atomic E-state index is 5.49. The third-order valence-corrected chi connectivity index (χ3v) is 5.85. The summed E-state index contributed by atoms with van der Waals surface area (Å²) in [7, 11) is 3.97. The average molecular weight is 373 g/mol. The lowest BCUT2D eigenvalue weighted by Crippen LogP contribution is -2.41. The number of piperidine rings is 1. The molecule has 2 heterocycles. The van der Waals surface area contributed by atoms with Crippen LogP contribution in [0.1, 0.15) is 37.3 Å². The molecule has 2 aliphatic rings. The number of hydrogen-bond donors (Lipinski definition) is 1. The first kappa shape index (κ1) is 20.2. The van der Waals surface area contributed by atoms with E-state index in [0.29, 0.717) is 5.92 Å². The van der Waals surface area contributed by atoms with Crippen molar-refractivity contribution in [3.63, 3.8) is 0 Å². The molecule has 1 N–H and O–H groups in total. The van der Waals surface area contributed by atoms with E-state index in [4.69, 9.17) is 4.74 Å². The van der Waals surface area contributed by atoms with Crippen LogP contribution in [0, 0.1) is 11.8 Å². The van der Waals surface area contributed by atoms with E-state index in [1.165, 1.54) is 37.1 Å². The summed E-state index contributed by atoms with van der Waals surface area (Å²) < 4.78 is 5.49. The average Bonchev–Trinajstić information content (AvgIpc) is 3.17. The van der Waals surface area contributed by atoms with Gasteiger partial charge in [-0.3, -0.25) is 9.89 Å². The molecule has 1 aromatic rings. The number of guanidine groups is 1. The van der Waals surface area contributed by atoms with Crippen LogP contribution < -0.4 is 5.32 Å². The lowest BCUT2D eigenvalue weighted by Gasteiger charge is -2.30. The van der Waals surface area contributed by atoms with E-state index in [9.17, 15) is 0 Å². The van der Waals surface area contributed by atoms with Crippen molar-refractivity contribution < 1.29 is 4.74 Å². The minimum absolute atomic E-state index is 0.615. The van der Waals surface area contributed by atoms with Crippen LogP contribution in [0.4, 0.5) is 0 Å². The highest BCUT2D eigenvalue weighted by Gasteiger charge is 2.19. The fraction of sp³-hybridized carbons (Fsp3) is 0.682. The molecule has 1 unspecified atom stereocenters. The minimum atomic E-state index is 0.615. The number of likely N-dealkylation sites (tertiary alicyclic amines) is 1. The fourth-order valence-corrected chi connectivity index (χ4v) is 4.08. The number of hydrogen-bond acceptors (Lipinski definition) is 3. The summed E-state index contributed by atoms with van der Waals surface area (Å²) in [6, 6.07) is 8.97. The Labute approximate surface area is 164 Å². The van der Waals surface area contributed by atoms with Crippen LogP contribution in [0.3, 0.4) is 0 Å². The van der Waals surface area contributed by atoms with Gasteiger partial charge in [0.05, 0.1) is 6.61 Å². The molecule has 2 saturated heterocycles. The third-order valence-electron chi connectivity index (χ3n) is 5.85. The highest BCUT2D eigenvalue weighted by atomic mass is 16.5. The predicted octanol–water partition coefficient (Wildman–Crippen LogP) is 2.96. The lowest BCUT2D eigenvalue weighted by molar-refractivity contribution is 0.181. The molecule has 0 amide bonds. The molecule has 0 aliphatic carbocycles. The molecule has 0 saturated carbocycles. The van der Waals surface area contributed by atoms with E-state index < -0.39 is 0 Å². The summed E-state index contributed by atoms with van der Waals surface area (Å²) in [5, 5.41) is 3.52. The number of nitrogens with one attached hydrogen (secondary N) is 1. The van der Waals surface area contributed by atoms with Gasteiger partial charge in [-0.2, -0.15) is 0 Å². The SMILES string of the molecule is CN=C(NCc1cccc(CN2CCC(C)CC2)c1)N(C)CC1CCOC1. The van der Waals surface area contributed by atoms with Gasteiger partial charge in [-0.25, -0.2) is 0 Å². The predicted molar refractivity (Wildman–Crippen MR) is 112 cm³/mol. The summed E-state index contributed by atoms with van der Waals surface area (Å²) in [6.07, 6.45) is 3.81. The van der Waals surface area contributed by atoms with E-state index >= 15 is 0 Å². The van der Waals surface area contributed by atoms with Crippen molar-refractivity contribution in [3.8, 4) is 0 Å². The fourth-order valence-electron chi connectivity index (χ4n) is 4.08.